The van der Waals surface area contributed by atoms with Gasteiger partial charge in [-0.15, -0.1) is 0 Å². The van der Waals surface area contributed by atoms with Crippen molar-refractivity contribution in [1.29, 1.82) is 0 Å². The van der Waals surface area contributed by atoms with Gasteiger partial charge in [0.1, 0.15) is 6.04 Å². The zero-order chi connectivity index (χ0) is 17.4. The number of alkyl halides is 3. The highest BCUT2D eigenvalue weighted by Crippen LogP contribution is 2.40. The Labute approximate surface area is 143 Å². The van der Waals surface area contributed by atoms with Crippen LogP contribution in [-0.4, -0.2) is 23.7 Å². The van der Waals surface area contributed by atoms with Gasteiger partial charge in [0.2, 0.25) is 0 Å². The Balaban J connectivity index is 1.92. The van der Waals surface area contributed by atoms with Crippen LogP contribution in [0, 0.1) is 0 Å². The number of fused-ring (bicyclic) bond motifs is 1. The summed E-state index contributed by atoms with van der Waals surface area (Å²) in [4.78, 5) is 6.17. The van der Waals surface area contributed by atoms with Crippen molar-refractivity contribution >= 4 is 16.6 Å². The molecule has 0 bridgehead atoms. The van der Waals surface area contributed by atoms with Gasteiger partial charge in [0, 0.05) is 17.5 Å². The maximum Gasteiger partial charge on any atom is 0.408 e. The van der Waals surface area contributed by atoms with E-state index in [0.717, 1.165) is 16.5 Å². The number of benzene rings is 2. The van der Waals surface area contributed by atoms with E-state index >= 15 is 0 Å². The predicted octanol–water partition coefficient (Wildman–Crippen LogP) is 5.43. The molecule has 0 saturated carbocycles. The molecule has 0 spiro atoms. The maximum atomic E-state index is 13.5. The van der Waals surface area contributed by atoms with Gasteiger partial charge in [-0.05, 0) is 25.0 Å². The van der Waals surface area contributed by atoms with Crippen molar-refractivity contribution in [2.75, 3.05) is 11.4 Å². The van der Waals surface area contributed by atoms with Gasteiger partial charge in [-0.1, -0.05) is 48.5 Å². The summed E-state index contributed by atoms with van der Waals surface area (Å²) in [5.74, 6) is 0. The molecule has 5 heteroatoms. The summed E-state index contributed by atoms with van der Waals surface area (Å²) in [6.45, 7) is 0.393. The van der Waals surface area contributed by atoms with E-state index in [4.69, 9.17) is 4.98 Å². The molecule has 2 nitrogen and oxygen atoms in total. The number of halogens is 3. The van der Waals surface area contributed by atoms with Gasteiger partial charge < -0.3 is 4.90 Å². The topological polar surface area (TPSA) is 16.1 Å². The van der Waals surface area contributed by atoms with Gasteiger partial charge in [0.15, 0.2) is 0 Å². The summed E-state index contributed by atoms with van der Waals surface area (Å²) in [6.07, 6.45) is -3.58. The molecule has 1 atom stereocenters. The predicted molar refractivity (Wildman–Crippen MR) is 93.6 cm³/mol. The molecule has 1 aromatic heterocycles. The fraction of sp³-hybridized carbons (Fsp3) is 0.250. The summed E-state index contributed by atoms with van der Waals surface area (Å²) < 4.78 is 40.4. The molecule has 3 aromatic rings. The minimum atomic E-state index is -4.24. The second-order valence-electron chi connectivity index (χ2n) is 6.31. The van der Waals surface area contributed by atoms with E-state index in [1.54, 1.807) is 0 Å². The number of para-hydroxylation sites is 1. The standard InChI is InChI=1S/C20H17F3N2/c21-20(22,23)18-11-6-12-25(18)17-13-15-9-4-5-10-16(15)24-19(17)14-7-2-1-3-8-14/h1-5,7-10,13,18H,6,11-12H2/t18-/m1/s1. The number of nitrogens with zero attached hydrogens (tertiary/aromatic N) is 2. The molecule has 4 rings (SSSR count). The molecule has 25 heavy (non-hydrogen) atoms. The van der Waals surface area contributed by atoms with Crippen LogP contribution < -0.4 is 4.90 Å². The fourth-order valence-corrected chi connectivity index (χ4v) is 3.53. The number of anilines is 1. The Morgan fingerprint density at radius 1 is 0.960 bits per heavy atom. The molecule has 0 radical (unpaired) electrons. The van der Waals surface area contributed by atoms with E-state index < -0.39 is 12.2 Å². The van der Waals surface area contributed by atoms with Crippen LogP contribution >= 0.6 is 0 Å². The normalized spacial score (nSPS) is 18.0. The van der Waals surface area contributed by atoms with Gasteiger partial charge in [0.05, 0.1) is 16.9 Å². The highest BCUT2D eigenvalue weighted by atomic mass is 19.4. The molecule has 2 heterocycles. The van der Waals surface area contributed by atoms with Crippen molar-refractivity contribution < 1.29 is 13.2 Å². The molecule has 0 amide bonds. The van der Waals surface area contributed by atoms with Crippen LogP contribution in [0.15, 0.2) is 60.7 Å². The molecular formula is C20H17F3N2. The molecule has 1 saturated heterocycles. The molecule has 0 aliphatic carbocycles. The lowest BCUT2D eigenvalue weighted by atomic mass is 10.1. The lowest BCUT2D eigenvalue weighted by molar-refractivity contribution is -0.145. The molecule has 1 aliphatic rings. The first-order valence-corrected chi connectivity index (χ1v) is 8.32. The van der Waals surface area contributed by atoms with Gasteiger partial charge in [0.25, 0.3) is 0 Å². The zero-order valence-electron chi connectivity index (χ0n) is 13.5. The highest BCUT2D eigenvalue weighted by Gasteiger charge is 2.46. The minimum Gasteiger partial charge on any atom is -0.358 e. The van der Waals surface area contributed by atoms with E-state index in [9.17, 15) is 13.2 Å². The van der Waals surface area contributed by atoms with Gasteiger partial charge in [-0.2, -0.15) is 13.2 Å². The summed E-state index contributed by atoms with van der Waals surface area (Å²) in [6, 6.07) is 17.3. The summed E-state index contributed by atoms with van der Waals surface area (Å²) in [7, 11) is 0. The second kappa shape index (κ2) is 6.06. The smallest absolute Gasteiger partial charge is 0.358 e. The lowest BCUT2D eigenvalue weighted by Crippen LogP contribution is -2.41. The van der Waals surface area contributed by atoms with Gasteiger partial charge >= 0.3 is 6.18 Å². The third kappa shape index (κ3) is 2.95. The molecule has 2 aromatic carbocycles. The minimum absolute atomic E-state index is 0.130. The number of aromatic nitrogens is 1. The highest BCUT2D eigenvalue weighted by molar-refractivity contribution is 5.89. The van der Waals surface area contributed by atoms with Crippen molar-refractivity contribution in [1.82, 2.24) is 4.98 Å². The second-order valence-corrected chi connectivity index (χ2v) is 6.31. The van der Waals surface area contributed by atoms with E-state index in [1.165, 1.54) is 4.90 Å². The first kappa shape index (κ1) is 15.9. The Hall–Kier alpha value is -2.56. The van der Waals surface area contributed by atoms with Crippen molar-refractivity contribution in [2.45, 2.75) is 25.1 Å². The monoisotopic (exact) mass is 342 g/mol. The number of hydrogen-bond donors (Lipinski definition) is 0. The maximum absolute atomic E-state index is 13.5. The molecule has 0 N–H and O–H groups in total. The third-order valence-electron chi connectivity index (χ3n) is 4.69. The van der Waals surface area contributed by atoms with Crippen LogP contribution in [0.4, 0.5) is 18.9 Å². The van der Waals surface area contributed by atoms with Crippen LogP contribution in [-0.2, 0) is 0 Å². The summed E-state index contributed by atoms with van der Waals surface area (Å²) in [5.41, 5.74) is 2.78. The number of rotatable bonds is 2. The Morgan fingerprint density at radius 2 is 1.68 bits per heavy atom. The van der Waals surface area contributed by atoms with Crippen molar-refractivity contribution in [2.24, 2.45) is 0 Å². The van der Waals surface area contributed by atoms with Crippen molar-refractivity contribution in [3.05, 3.63) is 60.7 Å². The summed E-state index contributed by atoms with van der Waals surface area (Å²) in [5, 5.41) is 0.852. The van der Waals surface area contributed by atoms with Gasteiger partial charge in [-0.25, -0.2) is 4.98 Å². The summed E-state index contributed by atoms with van der Waals surface area (Å²) >= 11 is 0. The molecular weight excluding hydrogens is 325 g/mol. The Morgan fingerprint density at radius 3 is 2.44 bits per heavy atom. The number of hydrogen-bond acceptors (Lipinski definition) is 2. The van der Waals surface area contributed by atoms with Crippen LogP contribution in [0.2, 0.25) is 0 Å². The average Bonchev–Trinajstić information content (AvgIpc) is 3.11. The number of pyridine rings is 1. The van der Waals surface area contributed by atoms with E-state index in [-0.39, 0.29) is 6.42 Å². The van der Waals surface area contributed by atoms with E-state index in [2.05, 4.69) is 0 Å². The zero-order valence-corrected chi connectivity index (χ0v) is 13.5. The van der Waals surface area contributed by atoms with Crippen LogP contribution in [0.5, 0.6) is 0 Å². The van der Waals surface area contributed by atoms with Crippen LogP contribution in [0.3, 0.4) is 0 Å². The van der Waals surface area contributed by atoms with Crippen molar-refractivity contribution in [3.8, 4) is 11.3 Å². The Kier molecular flexibility index (Phi) is 3.86. The molecule has 1 aliphatic heterocycles. The fourth-order valence-electron chi connectivity index (χ4n) is 3.53. The molecule has 0 unspecified atom stereocenters. The average molecular weight is 342 g/mol. The quantitative estimate of drug-likeness (QED) is 0.617. The molecule has 1 fully saturated rings. The Bertz CT molecular complexity index is 890. The van der Waals surface area contributed by atoms with E-state index in [0.29, 0.717) is 24.3 Å². The first-order valence-electron chi connectivity index (χ1n) is 8.32. The van der Waals surface area contributed by atoms with E-state index in [1.807, 2.05) is 60.7 Å². The van der Waals surface area contributed by atoms with Crippen LogP contribution in [0.25, 0.3) is 22.2 Å². The molecule has 128 valence electrons. The first-order chi connectivity index (χ1) is 12.0. The van der Waals surface area contributed by atoms with Gasteiger partial charge in [-0.3, -0.25) is 0 Å². The lowest BCUT2D eigenvalue weighted by Gasteiger charge is -2.30. The largest absolute Gasteiger partial charge is 0.408 e. The van der Waals surface area contributed by atoms with Crippen LogP contribution in [0.1, 0.15) is 12.8 Å². The van der Waals surface area contributed by atoms with Crippen molar-refractivity contribution in [3.63, 3.8) is 0 Å². The third-order valence-corrected chi connectivity index (χ3v) is 4.69. The SMILES string of the molecule is FC(F)(F)[C@H]1CCCN1c1cc2ccccc2nc1-c1ccccc1.